The van der Waals surface area contributed by atoms with Gasteiger partial charge in [-0.15, -0.1) is 0 Å². The average Bonchev–Trinajstić information content (AvgIpc) is 2.64. The van der Waals surface area contributed by atoms with Crippen LogP contribution in [0, 0.1) is 5.82 Å². The standard InChI is InChI=1S/C18H17ClFNO6/c1-10(17(22)24-3)26-18(23)11(2)25-13-4-6-14(7-5-13)27-16-15(20)8-12(19)9-21-16/h4-11H,1-3H3. The van der Waals surface area contributed by atoms with Crippen molar-refractivity contribution in [2.45, 2.75) is 26.1 Å². The summed E-state index contributed by atoms with van der Waals surface area (Å²) in [5, 5.41) is 0.158. The molecule has 2 rings (SSSR count). The predicted octanol–water partition coefficient (Wildman–Crippen LogP) is 3.54. The van der Waals surface area contributed by atoms with E-state index < -0.39 is 30.0 Å². The van der Waals surface area contributed by atoms with Gasteiger partial charge in [-0.3, -0.25) is 0 Å². The Morgan fingerprint density at radius 3 is 2.30 bits per heavy atom. The smallest absolute Gasteiger partial charge is 0.347 e. The van der Waals surface area contributed by atoms with Gasteiger partial charge in [-0.1, -0.05) is 11.6 Å². The van der Waals surface area contributed by atoms with Gasteiger partial charge in [0.1, 0.15) is 11.5 Å². The maximum absolute atomic E-state index is 13.7. The lowest BCUT2D eigenvalue weighted by Crippen LogP contribution is -2.33. The Bertz CT molecular complexity index is 814. The van der Waals surface area contributed by atoms with E-state index >= 15 is 0 Å². The molecule has 0 saturated heterocycles. The van der Waals surface area contributed by atoms with E-state index in [4.69, 9.17) is 25.8 Å². The summed E-state index contributed by atoms with van der Waals surface area (Å²) in [6, 6.07) is 7.16. The molecule has 0 saturated carbocycles. The Morgan fingerprint density at radius 1 is 1.07 bits per heavy atom. The van der Waals surface area contributed by atoms with E-state index in [2.05, 4.69) is 9.72 Å². The van der Waals surface area contributed by atoms with Gasteiger partial charge in [0.15, 0.2) is 18.0 Å². The zero-order chi connectivity index (χ0) is 20.0. The zero-order valence-electron chi connectivity index (χ0n) is 14.8. The molecule has 1 aromatic heterocycles. The summed E-state index contributed by atoms with van der Waals surface area (Å²) in [7, 11) is 1.20. The minimum absolute atomic E-state index is 0.158. The summed E-state index contributed by atoms with van der Waals surface area (Å²) in [6.07, 6.45) is -0.731. The molecule has 2 atom stereocenters. The Labute approximate surface area is 160 Å². The lowest BCUT2D eigenvalue weighted by Gasteiger charge is -2.16. The van der Waals surface area contributed by atoms with E-state index in [0.717, 1.165) is 6.07 Å². The third kappa shape index (κ3) is 5.82. The first-order valence-corrected chi connectivity index (χ1v) is 8.22. The number of nitrogens with zero attached hydrogens (tertiary/aromatic N) is 1. The Morgan fingerprint density at radius 2 is 1.70 bits per heavy atom. The van der Waals surface area contributed by atoms with Gasteiger partial charge in [0, 0.05) is 6.20 Å². The number of hydrogen-bond acceptors (Lipinski definition) is 7. The van der Waals surface area contributed by atoms with Gasteiger partial charge in [-0.05, 0) is 44.2 Å². The molecular formula is C18H17ClFNO6. The van der Waals surface area contributed by atoms with Crippen LogP contribution >= 0.6 is 11.6 Å². The molecule has 7 nitrogen and oxygen atoms in total. The number of rotatable bonds is 7. The van der Waals surface area contributed by atoms with Gasteiger partial charge < -0.3 is 18.9 Å². The number of aromatic nitrogens is 1. The average molecular weight is 398 g/mol. The first-order chi connectivity index (χ1) is 12.8. The molecule has 0 radical (unpaired) electrons. The van der Waals surface area contributed by atoms with Crippen LogP contribution in [0.15, 0.2) is 36.5 Å². The molecule has 0 bridgehead atoms. The fraction of sp³-hybridized carbons (Fsp3) is 0.278. The van der Waals surface area contributed by atoms with Gasteiger partial charge in [-0.25, -0.2) is 19.0 Å². The molecule has 2 unspecified atom stereocenters. The summed E-state index contributed by atoms with van der Waals surface area (Å²) in [4.78, 5) is 26.9. The molecular weight excluding hydrogens is 381 g/mol. The van der Waals surface area contributed by atoms with Crippen LogP contribution in [0.3, 0.4) is 0 Å². The normalized spacial score (nSPS) is 12.6. The van der Waals surface area contributed by atoms with Crippen LogP contribution in [-0.2, 0) is 19.1 Å². The Kier molecular flexibility index (Phi) is 6.95. The fourth-order valence-electron chi connectivity index (χ4n) is 1.91. The van der Waals surface area contributed by atoms with Crippen LogP contribution in [0.4, 0.5) is 4.39 Å². The molecule has 0 aliphatic rings. The summed E-state index contributed by atoms with van der Waals surface area (Å²) in [6.45, 7) is 2.87. The van der Waals surface area contributed by atoms with Crippen molar-refractivity contribution in [2.75, 3.05) is 7.11 Å². The fourth-order valence-corrected chi connectivity index (χ4v) is 2.06. The second-order valence-electron chi connectivity index (χ2n) is 5.38. The molecule has 0 amide bonds. The molecule has 0 spiro atoms. The van der Waals surface area contributed by atoms with Crippen LogP contribution in [-0.4, -0.2) is 36.2 Å². The van der Waals surface area contributed by atoms with Crippen molar-refractivity contribution in [2.24, 2.45) is 0 Å². The van der Waals surface area contributed by atoms with Crippen molar-refractivity contribution in [1.29, 1.82) is 0 Å². The molecule has 27 heavy (non-hydrogen) atoms. The Balaban J connectivity index is 1.94. The maximum Gasteiger partial charge on any atom is 0.347 e. The van der Waals surface area contributed by atoms with Gasteiger partial charge >= 0.3 is 11.9 Å². The number of pyridine rings is 1. The van der Waals surface area contributed by atoms with Crippen molar-refractivity contribution in [1.82, 2.24) is 4.98 Å². The summed E-state index contributed by atoms with van der Waals surface area (Å²) in [5.41, 5.74) is 0. The van der Waals surface area contributed by atoms with Gasteiger partial charge in [-0.2, -0.15) is 0 Å². The topological polar surface area (TPSA) is 84.0 Å². The largest absolute Gasteiger partial charge is 0.479 e. The molecule has 0 fully saturated rings. The van der Waals surface area contributed by atoms with Crippen molar-refractivity contribution < 1.29 is 32.9 Å². The number of benzene rings is 1. The number of hydrogen-bond donors (Lipinski definition) is 0. The molecule has 144 valence electrons. The number of carbonyl (C=O) groups is 2. The highest BCUT2D eigenvalue weighted by Gasteiger charge is 2.23. The Hall–Kier alpha value is -2.87. The second kappa shape index (κ2) is 9.18. The first kappa shape index (κ1) is 20.4. The SMILES string of the molecule is COC(=O)C(C)OC(=O)C(C)Oc1ccc(Oc2ncc(Cl)cc2F)cc1. The van der Waals surface area contributed by atoms with Crippen LogP contribution < -0.4 is 9.47 Å². The number of halogens is 2. The highest BCUT2D eigenvalue weighted by atomic mass is 35.5. The summed E-state index contributed by atoms with van der Waals surface area (Å²) < 4.78 is 33.9. The highest BCUT2D eigenvalue weighted by molar-refractivity contribution is 6.30. The summed E-state index contributed by atoms with van der Waals surface area (Å²) in [5.74, 6) is -1.64. The van der Waals surface area contributed by atoms with E-state index in [0.29, 0.717) is 11.5 Å². The number of esters is 2. The quantitative estimate of drug-likeness (QED) is 0.660. The molecule has 0 aliphatic heterocycles. The minimum atomic E-state index is -1.04. The highest BCUT2D eigenvalue weighted by Crippen LogP contribution is 2.26. The van der Waals surface area contributed by atoms with E-state index in [1.54, 1.807) is 0 Å². The van der Waals surface area contributed by atoms with Crippen molar-refractivity contribution >= 4 is 23.5 Å². The van der Waals surface area contributed by atoms with Crippen molar-refractivity contribution in [3.8, 4) is 17.4 Å². The summed E-state index contributed by atoms with van der Waals surface area (Å²) >= 11 is 5.63. The molecule has 2 aromatic rings. The van der Waals surface area contributed by atoms with Crippen molar-refractivity contribution in [3.63, 3.8) is 0 Å². The predicted molar refractivity (Wildman–Crippen MR) is 93.4 cm³/mol. The lowest BCUT2D eigenvalue weighted by atomic mass is 10.3. The molecule has 0 aliphatic carbocycles. The van der Waals surface area contributed by atoms with Crippen LogP contribution in [0.2, 0.25) is 5.02 Å². The van der Waals surface area contributed by atoms with E-state index in [-0.39, 0.29) is 10.9 Å². The zero-order valence-corrected chi connectivity index (χ0v) is 15.5. The van der Waals surface area contributed by atoms with E-state index in [9.17, 15) is 14.0 Å². The number of carbonyl (C=O) groups excluding carboxylic acids is 2. The van der Waals surface area contributed by atoms with Gasteiger partial charge in [0.2, 0.25) is 0 Å². The number of ether oxygens (including phenoxy) is 4. The van der Waals surface area contributed by atoms with Gasteiger partial charge in [0.25, 0.3) is 5.88 Å². The third-order valence-electron chi connectivity index (χ3n) is 3.28. The second-order valence-corrected chi connectivity index (χ2v) is 5.81. The molecule has 1 heterocycles. The van der Waals surface area contributed by atoms with Gasteiger partial charge in [0.05, 0.1) is 12.1 Å². The van der Waals surface area contributed by atoms with E-state index in [1.807, 2.05) is 0 Å². The lowest BCUT2D eigenvalue weighted by molar-refractivity contribution is -0.168. The number of methoxy groups -OCH3 is 1. The third-order valence-corrected chi connectivity index (χ3v) is 3.49. The molecule has 0 N–H and O–H groups in total. The minimum Gasteiger partial charge on any atom is -0.479 e. The van der Waals surface area contributed by atoms with Crippen LogP contribution in [0.5, 0.6) is 17.4 Å². The molecule has 9 heteroatoms. The van der Waals surface area contributed by atoms with E-state index in [1.165, 1.54) is 51.4 Å². The maximum atomic E-state index is 13.7. The first-order valence-electron chi connectivity index (χ1n) is 7.84. The molecule has 1 aromatic carbocycles. The van der Waals surface area contributed by atoms with Crippen LogP contribution in [0.25, 0.3) is 0 Å². The van der Waals surface area contributed by atoms with Crippen molar-refractivity contribution in [3.05, 3.63) is 47.4 Å². The monoisotopic (exact) mass is 397 g/mol. The van der Waals surface area contributed by atoms with Crippen LogP contribution in [0.1, 0.15) is 13.8 Å².